The summed E-state index contributed by atoms with van der Waals surface area (Å²) in [5.74, 6) is -0.678. The van der Waals surface area contributed by atoms with E-state index in [0.29, 0.717) is 25.8 Å². The molecule has 3 aromatic rings. The first-order valence-corrected chi connectivity index (χ1v) is 10.3. The number of benzene rings is 2. The molecule has 1 aliphatic rings. The molecule has 0 spiro atoms. The molecule has 2 aromatic carbocycles. The van der Waals surface area contributed by atoms with Crippen LogP contribution in [0.1, 0.15) is 42.5 Å². The molecule has 5 nitrogen and oxygen atoms in total. The summed E-state index contributed by atoms with van der Waals surface area (Å²) in [7, 11) is 0. The summed E-state index contributed by atoms with van der Waals surface area (Å²) in [6.07, 6.45) is 2.58. The number of aromatic nitrogens is 1. The Balaban J connectivity index is 1.56. The lowest BCUT2D eigenvalue weighted by molar-refractivity contribution is -0.137. The highest BCUT2D eigenvalue weighted by atomic mass is 16.4. The van der Waals surface area contributed by atoms with Crippen LogP contribution in [0.3, 0.4) is 0 Å². The predicted molar refractivity (Wildman–Crippen MR) is 113 cm³/mol. The van der Waals surface area contributed by atoms with Crippen molar-refractivity contribution in [2.45, 2.75) is 45.2 Å². The summed E-state index contributed by atoms with van der Waals surface area (Å²) in [5.41, 5.74) is 5.04. The quantitative estimate of drug-likeness (QED) is 0.615. The maximum Gasteiger partial charge on any atom is 0.303 e. The minimum atomic E-state index is -0.800. The number of amides is 1. The highest BCUT2D eigenvalue weighted by Gasteiger charge is 2.26. The zero-order valence-electron chi connectivity index (χ0n) is 16.5. The fourth-order valence-electron chi connectivity index (χ4n) is 4.26. The van der Waals surface area contributed by atoms with Gasteiger partial charge in [-0.1, -0.05) is 48.5 Å². The summed E-state index contributed by atoms with van der Waals surface area (Å²) in [6, 6.07) is 18.9. The van der Waals surface area contributed by atoms with Crippen LogP contribution in [0.4, 0.5) is 0 Å². The highest BCUT2D eigenvalue weighted by molar-refractivity contribution is 5.86. The van der Waals surface area contributed by atoms with E-state index in [-0.39, 0.29) is 12.3 Å². The number of para-hydroxylation sites is 1. The van der Waals surface area contributed by atoms with E-state index in [4.69, 9.17) is 5.11 Å². The predicted octanol–water partition coefficient (Wildman–Crippen LogP) is 4.22. The number of aliphatic carboxylic acids is 1. The van der Waals surface area contributed by atoms with E-state index in [9.17, 15) is 9.59 Å². The molecule has 150 valence electrons. The van der Waals surface area contributed by atoms with Crippen LogP contribution < -0.4 is 0 Å². The molecule has 1 N–H and O–H groups in total. The Morgan fingerprint density at radius 3 is 2.45 bits per heavy atom. The van der Waals surface area contributed by atoms with Gasteiger partial charge in [-0.05, 0) is 36.5 Å². The molecule has 1 aliphatic heterocycles. The van der Waals surface area contributed by atoms with Crippen molar-refractivity contribution in [3.05, 3.63) is 71.4 Å². The fraction of sp³-hybridized carbons (Fsp3) is 0.333. The molecule has 29 heavy (non-hydrogen) atoms. The third kappa shape index (κ3) is 4.19. The van der Waals surface area contributed by atoms with Gasteiger partial charge in [-0.15, -0.1) is 0 Å². The third-order valence-electron chi connectivity index (χ3n) is 5.73. The summed E-state index contributed by atoms with van der Waals surface area (Å²) in [5, 5.41) is 10.0. The Kier molecular flexibility index (Phi) is 5.65. The number of hydrogen-bond donors (Lipinski definition) is 1. The topological polar surface area (TPSA) is 62.5 Å². The number of carboxylic acids is 1. The number of rotatable bonds is 7. The smallest absolute Gasteiger partial charge is 0.303 e. The average Bonchev–Trinajstić information content (AvgIpc) is 3.05. The van der Waals surface area contributed by atoms with Crippen molar-refractivity contribution in [3.63, 3.8) is 0 Å². The summed E-state index contributed by atoms with van der Waals surface area (Å²) in [4.78, 5) is 25.3. The highest BCUT2D eigenvalue weighted by Crippen LogP contribution is 2.32. The number of carbonyl (C=O) groups is 2. The molecule has 0 radical (unpaired) electrons. The van der Waals surface area contributed by atoms with Gasteiger partial charge in [0.1, 0.15) is 0 Å². The number of nitrogens with zero attached hydrogens (tertiary/aromatic N) is 2. The van der Waals surface area contributed by atoms with E-state index in [1.165, 1.54) is 27.7 Å². The van der Waals surface area contributed by atoms with Gasteiger partial charge in [-0.25, -0.2) is 0 Å². The Morgan fingerprint density at radius 2 is 1.66 bits per heavy atom. The van der Waals surface area contributed by atoms with Crippen LogP contribution in [0.5, 0.6) is 0 Å². The van der Waals surface area contributed by atoms with Crippen molar-refractivity contribution in [2.24, 2.45) is 0 Å². The van der Waals surface area contributed by atoms with E-state index < -0.39 is 5.97 Å². The second kappa shape index (κ2) is 8.52. The van der Waals surface area contributed by atoms with Gasteiger partial charge in [0, 0.05) is 42.5 Å². The molecule has 0 atom stereocenters. The second-order valence-corrected chi connectivity index (χ2v) is 7.68. The van der Waals surface area contributed by atoms with Crippen molar-refractivity contribution in [3.8, 4) is 0 Å². The average molecular weight is 390 g/mol. The zero-order valence-corrected chi connectivity index (χ0v) is 16.5. The van der Waals surface area contributed by atoms with Crippen LogP contribution in [0.25, 0.3) is 10.9 Å². The number of hydrogen-bond acceptors (Lipinski definition) is 2. The van der Waals surface area contributed by atoms with Crippen molar-refractivity contribution >= 4 is 22.8 Å². The van der Waals surface area contributed by atoms with Crippen LogP contribution in [-0.2, 0) is 29.1 Å². The molecule has 0 bridgehead atoms. The van der Waals surface area contributed by atoms with Gasteiger partial charge in [-0.3, -0.25) is 9.59 Å². The summed E-state index contributed by atoms with van der Waals surface area (Å²) in [6.45, 7) is 2.13. The summed E-state index contributed by atoms with van der Waals surface area (Å²) >= 11 is 0. The molecular formula is C24H26N2O3. The Labute approximate surface area is 170 Å². The lowest BCUT2D eigenvalue weighted by Crippen LogP contribution is -2.36. The Bertz CT molecular complexity index is 1020. The van der Waals surface area contributed by atoms with Crippen molar-refractivity contribution in [1.82, 2.24) is 9.47 Å². The maximum absolute atomic E-state index is 12.7. The number of fused-ring (bicyclic) bond motifs is 3. The van der Waals surface area contributed by atoms with E-state index in [1.54, 1.807) is 0 Å². The molecule has 0 saturated heterocycles. The van der Waals surface area contributed by atoms with Crippen LogP contribution in [-0.4, -0.2) is 33.0 Å². The molecule has 0 fully saturated rings. The molecule has 1 amide bonds. The minimum Gasteiger partial charge on any atom is -0.481 e. The largest absolute Gasteiger partial charge is 0.481 e. The van der Waals surface area contributed by atoms with Gasteiger partial charge in [0.05, 0.1) is 6.54 Å². The fourth-order valence-corrected chi connectivity index (χ4v) is 4.26. The van der Waals surface area contributed by atoms with Crippen LogP contribution >= 0.6 is 0 Å². The van der Waals surface area contributed by atoms with E-state index in [1.807, 2.05) is 11.0 Å². The third-order valence-corrected chi connectivity index (χ3v) is 5.73. The summed E-state index contributed by atoms with van der Waals surface area (Å²) < 4.78 is 2.35. The number of carboxylic acid groups (broad SMARTS) is 1. The lowest BCUT2D eigenvalue weighted by Gasteiger charge is -2.29. The molecule has 4 rings (SSSR count). The molecular weight excluding hydrogens is 364 g/mol. The molecule has 2 heterocycles. The van der Waals surface area contributed by atoms with Crippen LogP contribution in [0.15, 0.2) is 54.6 Å². The molecule has 0 unspecified atom stereocenters. The Morgan fingerprint density at radius 1 is 0.931 bits per heavy atom. The van der Waals surface area contributed by atoms with E-state index in [0.717, 1.165) is 19.5 Å². The first-order valence-electron chi connectivity index (χ1n) is 10.3. The standard InChI is InChI=1S/C24H26N2O3/c27-23(12-6-7-13-24(28)29)25-15-14-20-19-10-4-5-11-21(19)26(22(20)17-25)16-18-8-2-1-3-9-18/h1-5,8-11H,6-7,12-17H2,(H,28,29). The van der Waals surface area contributed by atoms with Crippen molar-refractivity contribution in [1.29, 1.82) is 0 Å². The van der Waals surface area contributed by atoms with Crippen LogP contribution in [0.2, 0.25) is 0 Å². The molecule has 5 heteroatoms. The monoisotopic (exact) mass is 390 g/mol. The van der Waals surface area contributed by atoms with Gasteiger partial charge in [-0.2, -0.15) is 0 Å². The number of carbonyl (C=O) groups excluding carboxylic acids is 1. The molecule has 1 aromatic heterocycles. The van der Waals surface area contributed by atoms with Crippen LogP contribution in [0, 0.1) is 0 Å². The van der Waals surface area contributed by atoms with E-state index in [2.05, 4.69) is 53.1 Å². The lowest BCUT2D eigenvalue weighted by atomic mass is 10.0. The van der Waals surface area contributed by atoms with Crippen molar-refractivity contribution < 1.29 is 14.7 Å². The maximum atomic E-state index is 12.7. The van der Waals surface area contributed by atoms with Gasteiger partial charge in [0.2, 0.25) is 5.91 Å². The second-order valence-electron chi connectivity index (χ2n) is 7.68. The van der Waals surface area contributed by atoms with Gasteiger partial charge in [0.25, 0.3) is 0 Å². The SMILES string of the molecule is O=C(O)CCCCC(=O)N1CCc2c(n(Cc3ccccc3)c3ccccc23)C1. The van der Waals surface area contributed by atoms with Gasteiger partial charge >= 0.3 is 5.97 Å². The van der Waals surface area contributed by atoms with E-state index >= 15 is 0 Å². The van der Waals surface area contributed by atoms with Gasteiger partial charge < -0.3 is 14.6 Å². The first kappa shape index (κ1) is 19.2. The Hall–Kier alpha value is -3.08. The minimum absolute atomic E-state index is 0.123. The van der Waals surface area contributed by atoms with Crippen molar-refractivity contribution in [2.75, 3.05) is 6.54 Å². The molecule has 0 saturated carbocycles. The zero-order chi connectivity index (χ0) is 20.2. The number of unbranched alkanes of at least 4 members (excludes halogenated alkanes) is 1. The molecule has 0 aliphatic carbocycles. The first-order chi connectivity index (χ1) is 14.1. The van der Waals surface area contributed by atoms with Gasteiger partial charge in [0.15, 0.2) is 0 Å². The normalized spacial score (nSPS) is 13.4.